The van der Waals surface area contributed by atoms with Gasteiger partial charge in [-0.25, -0.2) is 0 Å². The van der Waals surface area contributed by atoms with E-state index in [9.17, 15) is 0 Å². The smallest absolute Gasteiger partial charge is 0.0818 e. The van der Waals surface area contributed by atoms with E-state index in [1.165, 1.54) is 59.5 Å². The van der Waals surface area contributed by atoms with Crippen LogP contribution in [0, 0.1) is 0 Å². The molecule has 0 saturated heterocycles. The van der Waals surface area contributed by atoms with Gasteiger partial charge < -0.3 is 0 Å². The van der Waals surface area contributed by atoms with Crippen LogP contribution in [0.3, 0.4) is 0 Å². The highest BCUT2D eigenvalue weighted by molar-refractivity contribution is 7.00. The number of benzene rings is 3. The number of allylic oxidation sites excluding steroid dienone is 2. The van der Waals surface area contributed by atoms with Crippen molar-refractivity contribution in [2.75, 3.05) is 0 Å². The minimum Gasteiger partial charge on any atom is -0.0818 e. The molecule has 0 aliphatic carbocycles. The molecule has 0 N–H and O–H groups in total. The van der Waals surface area contributed by atoms with Gasteiger partial charge >= 0.3 is 0 Å². The van der Waals surface area contributed by atoms with Crippen LogP contribution in [0.2, 0.25) is 0 Å². The van der Waals surface area contributed by atoms with Crippen LogP contribution in [0.5, 0.6) is 0 Å². The van der Waals surface area contributed by atoms with Crippen molar-refractivity contribution in [1.29, 1.82) is 0 Å². The first-order valence-corrected chi connectivity index (χ1v) is 15.6. The maximum absolute atomic E-state index is 2.58. The van der Waals surface area contributed by atoms with Gasteiger partial charge in [0.15, 0.2) is 0 Å². The Balaban J connectivity index is 1.68. The van der Waals surface area contributed by atoms with Gasteiger partial charge in [0.05, 0.1) is 0 Å². The summed E-state index contributed by atoms with van der Waals surface area (Å²) in [6.07, 6.45) is 4.83. The molecule has 6 rings (SSSR count). The normalized spacial score (nSPS) is 15.5. The summed E-state index contributed by atoms with van der Waals surface area (Å²) >= 11 is 0. The highest BCUT2D eigenvalue weighted by Crippen LogP contribution is 2.32. The van der Waals surface area contributed by atoms with Crippen molar-refractivity contribution in [3.05, 3.63) is 74.6 Å². The summed E-state index contributed by atoms with van der Waals surface area (Å²) in [5.74, 6) is 1.52. The van der Waals surface area contributed by atoms with Crippen LogP contribution in [0.25, 0.3) is 23.3 Å². The van der Waals surface area contributed by atoms with Crippen molar-refractivity contribution in [2.24, 2.45) is 0 Å². The van der Waals surface area contributed by atoms with Gasteiger partial charge in [-0.3, -0.25) is 0 Å². The molecule has 178 valence electrons. The summed E-state index contributed by atoms with van der Waals surface area (Å²) in [6, 6.07) is 15.3. The molecule has 0 amide bonds. The lowest BCUT2D eigenvalue weighted by Gasteiger charge is -2.27. The van der Waals surface area contributed by atoms with Gasteiger partial charge in [0.25, 0.3) is 0 Å². The predicted octanol–water partition coefficient (Wildman–Crippen LogP) is 4.96. The van der Waals surface area contributed by atoms with E-state index in [1.807, 2.05) is 0 Å². The van der Waals surface area contributed by atoms with Gasteiger partial charge in [0.1, 0.15) is 19.0 Å². The molecule has 3 aromatic rings. The SMILES string of the molecule is CC1=Cc2cc3c(cc2[Si]1)B(c1c(C(C)C)cc(C(C)C)cc1C(C)C)c1cc2c(cc1-3)C=C(C)[Si]2. The molecule has 0 saturated carbocycles. The fourth-order valence-electron chi connectivity index (χ4n) is 6.45. The van der Waals surface area contributed by atoms with Crippen LogP contribution >= 0.6 is 0 Å². The number of hydrogen-bond donors (Lipinski definition) is 0. The van der Waals surface area contributed by atoms with Crippen molar-refractivity contribution < 1.29 is 0 Å². The standard InChI is InChI=1S/C33H35BSi2/c1-17(2)22-11-25(18(3)4)33(26(12-22)19(5)6)34-29-15-31-23(9-20(7)35-31)13-27(29)28-14-24-10-21(8)36-32(24)16-30(28)34/h9-19H,1-8H3. The van der Waals surface area contributed by atoms with Gasteiger partial charge in [-0.1, -0.05) is 115 Å². The molecule has 0 nitrogen and oxygen atoms in total. The lowest BCUT2D eigenvalue weighted by atomic mass is 9.36. The summed E-state index contributed by atoms with van der Waals surface area (Å²) in [7, 11) is 1.61. The van der Waals surface area contributed by atoms with Crippen LogP contribution in [0.1, 0.15) is 101 Å². The molecule has 3 heterocycles. The molecule has 0 bridgehead atoms. The van der Waals surface area contributed by atoms with Crippen LogP contribution in [0.15, 0.2) is 46.8 Å². The second kappa shape index (κ2) is 8.60. The molecule has 0 atom stereocenters. The molecule has 0 spiro atoms. The molecular weight excluding hydrogens is 463 g/mol. The van der Waals surface area contributed by atoms with E-state index in [4.69, 9.17) is 0 Å². The number of hydrogen-bond acceptors (Lipinski definition) is 0. The summed E-state index contributed by atoms with van der Waals surface area (Å²) in [6.45, 7) is 19.1. The highest BCUT2D eigenvalue weighted by atomic mass is 28.2. The molecule has 4 radical (unpaired) electrons. The first-order chi connectivity index (χ1) is 17.1. The largest absolute Gasteiger partial charge is 0.243 e. The van der Waals surface area contributed by atoms with Gasteiger partial charge in [0, 0.05) is 0 Å². The Morgan fingerprint density at radius 2 is 1.03 bits per heavy atom. The summed E-state index contributed by atoms with van der Waals surface area (Å²) in [4.78, 5) is 0. The van der Waals surface area contributed by atoms with E-state index in [0.717, 1.165) is 19.0 Å². The summed E-state index contributed by atoms with van der Waals surface area (Å²) in [5.41, 5.74) is 15.0. The quantitative estimate of drug-likeness (QED) is 0.349. The Morgan fingerprint density at radius 1 is 0.583 bits per heavy atom. The maximum Gasteiger partial charge on any atom is 0.243 e. The van der Waals surface area contributed by atoms with Gasteiger partial charge in [0.2, 0.25) is 6.71 Å². The van der Waals surface area contributed by atoms with E-state index >= 15 is 0 Å². The highest BCUT2D eigenvalue weighted by Gasteiger charge is 2.39. The van der Waals surface area contributed by atoms with Crippen LogP contribution in [0.4, 0.5) is 0 Å². The van der Waals surface area contributed by atoms with E-state index < -0.39 is 0 Å². The van der Waals surface area contributed by atoms with E-state index in [2.05, 4.69) is 104 Å². The molecule has 3 aliphatic heterocycles. The Labute approximate surface area is 223 Å². The molecule has 0 aromatic heterocycles. The zero-order chi connectivity index (χ0) is 25.5. The van der Waals surface area contributed by atoms with Crippen molar-refractivity contribution in [2.45, 2.75) is 73.1 Å². The third kappa shape index (κ3) is 3.70. The van der Waals surface area contributed by atoms with Gasteiger partial charge in [-0.2, -0.15) is 0 Å². The Hall–Kier alpha value is -2.36. The fourth-order valence-corrected chi connectivity index (χ4v) is 8.79. The third-order valence-electron chi connectivity index (χ3n) is 8.23. The van der Waals surface area contributed by atoms with Crippen molar-refractivity contribution in [3.8, 4) is 11.1 Å². The lowest BCUT2D eigenvalue weighted by Crippen LogP contribution is -2.53. The molecular formula is C33H35BSi2. The van der Waals surface area contributed by atoms with Crippen LogP contribution in [-0.4, -0.2) is 25.8 Å². The Bertz CT molecular complexity index is 1380. The number of fused-ring (bicyclic) bond motifs is 5. The van der Waals surface area contributed by atoms with Gasteiger partial charge in [-0.05, 0) is 82.7 Å². The average Bonchev–Trinajstić information content (AvgIpc) is 3.45. The van der Waals surface area contributed by atoms with E-state index in [-0.39, 0.29) is 0 Å². The molecule has 36 heavy (non-hydrogen) atoms. The van der Waals surface area contributed by atoms with E-state index in [0.29, 0.717) is 24.5 Å². The van der Waals surface area contributed by atoms with Crippen molar-refractivity contribution in [3.63, 3.8) is 0 Å². The first kappa shape index (κ1) is 24.0. The Morgan fingerprint density at radius 3 is 1.42 bits per heavy atom. The fraction of sp³-hybridized carbons (Fsp3) is 0.333. The molecule has 0 fully saturated rings. The topological polar surface area (TPSA) is 0 Å². The zero-order valence-corrected chi connectivity index (χ0v) is 24.9. The van der Waals surface area contributed by atoms with E-state index in [1.54, 1.807) is 16.6 Å². The Kier molecular flexibility index (Phi) is 5.73. The summed E-state index contributed by atoms with van der Waals surface area (Å²) in [5, 5.41) is 6.08. The minimum atomic E-state index is 0.318. The van der Waals surface area contributed by atoms with Gasteiger partial charge in [-0.15, -0.1) is 0 Å². The molecule has 3 aliphatic rings. The van der Waals surface area contributed by atoms with Crippen LogP contribution < -0.4 is 26.8 Å². The third-order valence-corrected chi connectivity index (χ3v) is 10.7. The van der Waals surface area contributed by atoms with Crippen LogP contribution in [-0.2, 0) is 0 Å². The van der Waals surface area contributed by atoms with Crippen molar-refractivity contribution in [1.82, 2.24) is 0 Å². The maximum atomic E-state index is 2.58. The average molecular weight is 499 g/mol. The molecule has 3 aromatic carbocycles. The predicted molar refractivity (Wildman–Crippen MR) is 163 cm³/mol. The summed E-state index contributed by atoms with van der Waals surface area (Å²) < 4.78 is 0. The minimum absolute atomic E-state index is 0.318. The molecule has 3 heteroatoms. The molecule has 0 unspecified atom stereocenters. The van der Waals surface area contributed by atoms with Crippen molar-refractivity contribution >= 4 is 64.7 Å². The second-order valence-corrected chi connectivity index (χ2v) is 15.1. The first-order valence-electron chi connectivity index (χ1n) is 13.6. The zero-order valence-electron chi connectivity index (χ0n) is 22.9. The second-order valence-electron chi connectivity index (χ2n) is 12.0. The lowest BCUT2D eigenvalue weighted by molar-refractivity contribution is 0.812. The number of rotatable bonds is 4. The monoisotopic (exact) mass is 498 g/mol.